The standard InChI is InChI=1S/C67H48N4OSi/c1-48-43-66(68-46-60(48)50-25-9-3-10-26-50)71-61-37-18-17-35-58(61)59-42-41-53(45-64(59)71)72-52-28-21-27-51(44-52)69-47-70(63-39-20-19-38-62(63)69)67-57(49-23-7-2-8-24-49)36-22-40-65(67)73(54-29-11-4-12-30-54,55-31-13-5-14-32-55)56-33-15-6-16-34-56/h2-46H,1H3/i1D3,2D,3D,4D,5D,6D,7D,8D,9D,10D,11D,12D,13D,14D,15D,16D,23D,24D,25D,26D,29D,30D,31D,32D,33D,34D. The third-order valence-electron chi connectivity index (χ3n) is 12.5. The van der Waals surface area contributed by atoms with E-state index in [0.29, 0.717) is 16.4 Å². The van der Waals surface area contributed by atoms with Crippen molar-refractivity contribution in [2.24, 2.45) is 0 Å². The first kappa shape index (κ1) is 23.2. The van der Waals surface area contributed by atoms with Crippen LogP contribution < -0.4 is 30.1 Å². The molecule has 0 aliphatic rings. The molecule has 10 aromatic carbocycles. The summed E-state index contributed by atoms with van der Waals surface area (Å²) in [4.78, 5) is 4.68. The molecule has 0 saturated heterocycles. The molecule has 6 heteroatoms. The lowest BCUT2D eigenvalue weighted by Gasteiger charge is -2.36. The Bertz CT molecular complexity index is 5480. The Morgan fingerprint density at radius 3 is 1.77 bits per heavy atom. The van der Waals surface area contributed by atoms with Gasteiger partial charge in [0, 0.05) is 32.7 Å². The van der Waals surface area contributed by atoms with Crippen molar-refractivity contribution in [3.8, 4) is 50.9 Å². The molecular weight excluding hydrogens is 905 g/mol. The van der Waals surface area contributed by atoms with Crippen molar-refractivity contribution in [3.05, 3.63) is 284 Å². The Morgan fingerprint density at radius 1 is 0.521 bits per heavy atom. The van der Waals surface area contributed by atoms with Gasteiger partial charge in [-0.3, -0.25) is 13.7 Å². The highest BCUT2D eigenvalue weighted by atomic mass is 28.3. The van der Waals surface area contributed by atoms with Gasteiger partial charge in [-0.05, 0) is 92.3 Å². The minimum absolute atomic E-state index is 0.0899. The van der Waals surface area contributed by atoms with Crippen LogP contribution in [0.15, 0.2) is 273 Å². The monoisotopic (exact) mass is 981 g/mol. The van der Waals surface area contributed by atoms with Crippen molar-refractivity contribution in [2.45, 2.75) is 6.85 Å². The number of rotatable bonds is 11. The van der Waals surface area contributed by atoms with E-state index in [9.17, 15) is 19.2 Å². The molecule has 73 heavy (non-hydrogen) atoms. The number of ether oxygens (including phenoxy) is 1. The van der Waals surface area contributed by atoms with Gasteiger partial charge in [0.2, 0.25) is 0 Å². The molecule has 0 saturated carbocycles. The number of hydrogen-bond donors (Lipinski definition) is 0. The van der Waals surface area contributed by atoms with E-state index in [0.717, 1.165) is 11.6 Å². The molecule has 3 heterocycles. The normalized spacial score (nSPS) is 17.2. The zero-order chi connectivity index (χ0) is 73.0. The predicted molar refractivity (Wildman–Crippen MR) is 302 cm³/mol. The van der Waals surface area contributed by atoms with Gasteiger partial charge in [0.25, 0.3) is 6.33 Å². The summed E-state index contributed by atoms with van der Waals surface area (Å²) >= 11 is 0. The van der Waals surface area contributed by atoms with Gasteiger partial charge in [-0.1, -0.05) is 218 Å². The molecule has 13 aromatic rings. The van der Waals surface area contributed by atoms with Crippen LogP contribution in [0.1, 0.15) is 43.9 Å². The van der Waals surface area contributed by atoms with Crippen molar-refractivity contribution >= 4 is 61.7 Å². The van der Waals surface area contributed by atoms with Gasteiger partial charge >= 0.3 is 0 Å². The van der Waals surface area contributed by atoms with Crippen LogP contribution in [0.5, 0.6) is 11.5 Å². The lowest BCUT2D eigenvalue weighted by Crippen LogP contribution is -2.76. The predicted octanol–water partition coefficient (Wildman–Crippen LogP) is 13.0. The summed E-state index contributed by atoms with van der Waals surface area (Å²) in [7, 11) is -6.07. The number of pyridine rings is 1. The molecule has 0 unspecified atom stereocenters. The third-order valence-corrected chi connectivity index (χ3v) is 16.7. The van der Waals surface area contributed by atoms with Gasteiger partial charge in [-0.25, -0.2) is 4.98 Å². The molecule has 0 amide bonds. The molecular formula is C67H48N4OSi. The molecule has 0 spiro atoms. The van der Waals surface area contributed by atoms with E-state index < -0.39 is 192 Å². The summed E-state index contributed by atoms with van der Waals surface area (Å²) in [6.07, 6.45) is 4.48. The van der Waals surface area contributed by atoms with Crippen LogP contribution in [0.25, 0.3) is 72.3 Å². The lowest BCUT2D eigenvalue weighted by molar-refractivity contribution is -0.570. The minimum atomic E-state index is -6.07. The molecule has 0 aliphatic heterocycles. The van der Waals surface area contributed by atoms with E-state index in [1.165, 1.54) is 33.4 Å². The number of fused-ring (bicyclic) bond motifs is 4. The maximum absolute atomic E-state index is 9.86. The SMILES string of the molecule is [2H]c1c([2H])c([2H])c(-c2cnc(-n3c4ccccc4c4ccc(Oc5cccc(-n6[c-][n+](-c7c(-c8c([2H])c([2H])c([2H])c([2H])c8[2H])cccc7[Si](c7c([2H])c([2H])c([2H])c([2H])c7[2H])(c7c([2H])c([2H])c([2H])c([2H])c7[2H])c7c([2H])c([2H])c([2H])c([2H])c7[2H])c7ccccc76)c5)cc43)cc2C([2H])([2H])[2H])c([2H])c1[2H]. The van der Waals surface area contributed by atoms with Crippen LogP contribution in [0.3, 0.4) is 0 Å². The van der Waals surface area contributed by atoms with Crippen LogP contribution in [-0.2, 0) is 0 Å². The molecule has 5 nitrogen and oxygen atoms in total. The summed E-state index contributed by atoms with van der Waals surface area (Å²) in [5, 5.41) is -1.61. The van der Waals surface area contributed by atoms with E-state index in [4.69, 9.17) is 23.9 Å². The summed E-state index contributed by atoms with van der Waals surface area (Å²) < 4.78 is 266. The zero-order valence-corrected chi connectivity index (χ0v) is 38.7. The first-order valence-electron chi connectivity index (χ1n) is 36.5. The smallest absolute Gasteiger partial charge is 0.269 e. The zero-order valence-electron chi connectivity index (χ0n) is 65.7. The van der Waals surface area contributed by atoms with Crippen molar-refractivity contribution in [2.75, 3.05) is 0 Å². The number of imidazole rings is 1. The topological polar surface area (TPSA) is 35.9 Å². The second kappa shape index (κ2) is 18.4. The second-order valence-electron chi connectivity index (χ2n) is 16.4. The van der Waals surface area contributed by atoms with Crippen molar-refractivity contribution < 1.29 is 47.7 Å². The number of para-hydroxylation sites is 4. The Kier molecular flexibility index (Phi) is 5.87. The molecule has 0 N–H and O–H groups in total. The largest absolute Gasteiger partial charge is 0.458 e. The summed E-state index contributed by atoms with van der Waals surface area (Å²) in [6, 6.07) is 7.59. The molecule has 0 fully saturated rings. The van der Waals surface area contributed by atoms with Crippen LogP contribution in [0.2, 0.25) is 0 Å². The first-order chi connectivity index (χ1) is 47.7. The van der Waals surface area contributed by atoms with Crippen molar-refractivity contribution in [1.82, 2.24) is 14.1 Å². The van der Waals surface area contributed by atoms with Gasteiger partial charge in [-0.2, -0.15) is 0 Å². The average Bonchev–Trinajstić information content (AvgIpc) is 0.788. The summed E-state index contributed by atoms with van der Waals surface area (Å²) in [5.41, 5.74) is -0.366. The molecule has 0 bridgehead atoms. The average molecular weight is 981 g/mol. The van der Waals surface area contributed by atoms with Gasteiger partial charge < -0.3 is 4.74 Å². The fourth-order valence-corrected chi connectivity index (χ4v) is 13.4. The summed E-state index contributed by atoms with van der Waals surface area (Å²) in [6.45, 7) is -2.89. The van der Waals surface area contributed by atoms with Crippen molar-refractivity contribution in [3.63, 3.8) is 0 Å². The quantitative estimate of drug-likeness (QED) is 0.0560. The minimum Gasteiger partial charge on any atom is -0.458 e. The van der Waals surface area contributed by atoms with E-state index in [-0.39, 0.29) is 62.0 Å². The number of hydrogen-bond acceptors (Lipinski definition) is 2. The van der Waals surface area contributed by atoms with E-state index >= 15 is 0 Å². The highest BCUT2D eigenvalue weighted by Crippen LogP contribution is 2.37. The highest BCUT2D eigenvalue weighted by Gasteiger charge is 2.44. The molecule has 0 aliphatic carbocycles. The Labute approximate surface area is 465 Å². The van der Waals surface area contributed by atoms with Crippen LogP contribution in [0, 0.1) is 13.2 Å². The number of benzene rings is 10. The molecule has 0 atom stereocenters. The maximum Gasteiger partial charge on any atom is 0.269 e. The molecule has 346 valence electrons. The van der Waals surface area contributed by atoms with Crippen LogP contribution in [-0.4, -0.2) is 22.2 Å². The number of nitrogens with zero attached hydrogens (tertiary/aromatic N) is 4. The second-order valence-corrected chi connectivity index (χ2v) is 20.0. The Morgan fingerprint density at radius 2 is 1.10 bits per heavy atom. The van der Waals surface area contributed by atoms with Crippen LogP contribution >= 0.6 is 0 Å². The number of aryl methyl sites for hydroxylation is 1. The van der Waals surface area contributed by atoms with E-state index in [1.807, 2.05) is 12.1 Å². The van der Waals surface area contributed by atoms with Gasteiger partial charge in [-0.15, -0.1) is 0 Å². The molecule has 3 aromatic heterocycles. The fourth-order valence-electron chi connectivity index (χ4n) is 9.42. The highest BCUT2D eigenvalue weighted by molar-refractivity contribution is 7.20. The van der Waals surface area contributed by atoms with Gasteiger partial charge in [0.05, 0.1) is 67.7 Å². The third kappa shape index (κ3) is 7.55. The Hall–Kier alpha value is -9.36. The summed E-state index contributed by atoms with van der Waals surface area (Å²) in [5.74, 6) is 0.503. The fraction of sp³-hybridized carbons (Fsp3) is 0.0149. The van der Waals surface area contributed by atoms with E-state index in [1.54, 1.807) is 83.4 Å². The lowest BCUT2D eigenvalue weighted by atomic mass is 10.0. The van der Waals surface area contributed by atoms with Gasteiger partial charge in [0.1, 0.15) is 17.3 Å². The van der Waals surface area contributed by atoms with Crippen LogP contribution in [0.4, 0.5) is 0 Å². The number of aromatic nitrogens is 4. The first-order valence-corrected chi connectivity index (χ1v) is 24.5. The maximum atomic E-state index is 9.86. The van der Waals surface area contributed by atoms with Gasteiger partial charge in [0.15, 0.2) is 8.07 Å². The van der Waals surface area contributed by atoms with E-state index in [2.05, 4.69) is 11.3 Å². The molecule has 13 rings (SSSR count). The van der Waals surface area contributed by atoms with Crippen molar-refractivity contribution in [1.29, 1.82) is 0 Å². The molecule has 0 radical (unpaired) electrons. The Balaban J connectivity index is 1.08.